The first kappa shape index (κ1) is 23.1. The van der Waals surface area contributed by atoms with Crippen LogP contribution in [0.25, 0.3) is 0 Å². The van der Waals surface area contributed by atoms with Crippen LogP contribution in [0.2, 0.25) is 0 Å². The van der Waals surface area contributed by atoms with E-state index in [0.717, 1.165) is 52.5 Å². The number of methoxy groups -OCH3 is 3. The number of nitrogens with one attached hydrogen (secondary N) is 1. The van der Waals surface area contributed by atoms with Gasteiger partial charge in [0.1, 0.15) is 23.3 Å². The third-order valence-electron chi connectivity index (χ3n) is 7.59. The van der Waals surface area contributed by atoms with E-state index in [9.17, 15) is 4.79 Å². The lowest BCUT2D eigenvalue weighted by molar-refractivity contribution is -0.146. The van der Waals surface area contributed by atoms with Crippen molar-refractivity contribution < 1.29 is 23.7 Å². The molecule has 0 saturated heterocycles. The Morgan fingerprint density at radius 3 is 1.80 bits per heavy atom. The molecule has 1 N–H and O–H groups in total. The van der Waals surface area contributed by atoms with Gasteiger partial charge in [0.25, 0.3) is 0 Å². The minimum Gasteiger partial charge on any atom is -0.497 e. The second-order valence-corrected chi connectivity index (χ2v) is 9.10. The van der Waals surface area contributed by atoms with Gasteiger partial charge >= 0.3 is 5.97 Å². The smallest absolute Gasteiger partial charge is 0.329 e. The molecule has 6 nitrogen and oxygen atoms in total. The molecule has 0 bridgehead atoms. The SMILES string of the molecule is CCOC(=O)C1Nc2ccc(OC)cc2C(c2ccc(OC)cc2)(c2ccc(OC)cc2)C12CC2. The fourth-order valence-electron chi connectivity index (χ4n) is 5.91. The summed E-state index contributed by atoms with van der Waals surface area (Å²) in [4.78, 5) is 13.4. The maximum absolute atomic E-state index is 13.4. The van der Waals surface area contributed by atoms with E-state index in [1.54, 1.807) is 21.3 Å². The highest BCUT2D eigenvalue weighted by Crippen LogP contribution is 2.70. The second-order valence-electron chi connectivity index (χ2n) is 9.10. The van der Waals surface area contributed by atoms with Crippen molar-refractivity contribution >= 4 is 11.7 Å². The number of esters is 1. The van der Waals surface area contributed by atoms with Crippen LogP contribution in [0.4, 0.5) is 5.69 Å². The van der Waals surface area contributed by atoms with Gasteiger partial charge in [-0.25, -0.2) is 4.79 Å². The Balaban J connectivity index is 1.86. The van der Waals surface area contributed by atoms with E-state index in [2.05, 4.69) is 35.6 Å². The lowest BCUT2D eigenvalue weighted by Gasteiger charge is -2.51. The zero-order valence-corrected chi connectivity index (χ0v) is 20.6. The van der Waals surface area contributed by atoms with Gasteiger partial charge in [-0.1, -0.05) is 24.3 Å². The molecule has 1 aliphatic heterocycles. The number of ether oxygens (including phenoxy) is 4. The van der Waals surface area contributed by atoms with Crippen molar-refractivity contribution in [1.29, 1.82) is 0 Å². The minimum atomic E-state index is -0.627. The van der Waals surface area contributed by atoms with Gasteiger partial charge in [0.2, 0.25) is 0 Å². The van der Waals surface area contributed by atoms with Crippen LogP contribution in [0.3, 0.4) is 0 Å². The van der Waals surface area contributed by atoms with E-state index in [0.29, 0.717) is 6.61 Å². The maximum Gasteiger partial charge on any atom is 0.329 e. The number of carbonyl (C=O) groups is 1. The Labute approximate surface area is 206 Å². The van der Waals surface area contributed by atoms with Crippen molar-refractivity contribution in [3.63, 3.8) is 0 Å². The molecule has 1 saturated carbocycles. The van der Waals surface area contributed by atoms with Crippen molar-refractivity contribution in [2.24, 2.45) is 5.41 Å². The first-order chi connectivity index (χ1) is 17.0. The van der Waals surface area contributed by atoms with Crippen LogP contribution in [0, 0.1) is 5.41 Å². The highest BCUT2D eigenvalue weighted by Gasteiger charge is 2.70. The largest absolute Gasteiger partial charge is 0.497 e. The first-order valence-corrected chi connectivity index (χ1v) is 11.9. The van der Waals surface area contributed by atoms with Gasteiger partial charge in [0.15, 0.2) is 0 Å². The molecule has 1 aliphatic carbocycles. The van der Waals surface area contributed by atoms with Gasteiger partial charge < -0.3 is 24.3 Å². The molecule has 0 radical (unpaired) electrons. The summed E-state index contributed by atoms with van der Waals surface area (Å²) in [5, 5.41) is 3.55. The molecular weight excluding hydrogens is 442 g/mol. The van der Waals surface area contributed by atoms with E-state index < -0.39 is 16.9 Å². The van der Waals surface area contributed by atoms with E-state index in [1.807, 2.05) is 43.3 Å². The second kappa shape index (κ2) is 8.84. The molecule has 0 aromatic heterocycles. The van der Waals surface area contributed by atoms with Crippen LogP contribution in [0.5, 0.6) is 17.2 Å². The molecule has 1 unspecified atom stereocenters. The molecule has 6 heteroatoms. The average molecular weight is 474 g/mol. The quantitative estimate of drug-likeness (QED) is 0.477. The number of rotatable bonds is 7. The normalized spacial score (nSPS) is 18.7. The number of hydrogen-bond acceptors (Lipinski definition) is 6. The summed E-state index contributed by atoms with van der Waals surface area (Å²) in [5.74, 6) is 2.11. The third kappa shape index (κ3) is 3.42. The van der Waals surface area contributed by atoms with E-state index in [1.165, 1.54) is 0 Å². The lowest BCUT2D eigenvalue weighted by atomic mass is 9.55. The van der Waals surface area contributed by atoms with Crippen molar-refractivity contribution in [2.75, 3.05) is 33.3 Å². The van der Waals surface area contributed by atoms with Crippen LogP contribution < -0.4 is 19.5 Å². The fraction of sp³-hybridized carbons (Fsp3) is 0.345. The van der Waals surface area contributed by atoms with Crippen LogP contribution in [0.15, 0.2) is 66.7 Å². The molecule has 1 fully saturated rings. The van der Waals surface area contributed by atoms with Gasteiger partial charge in [0.05, 0.1) is 33.4 Å². The monoisotopic (exact) mass is 473 g/mol. The van der Waals surface area contributed by atoms with Gasteiger partial charge in [0, 0.05) is 11.1 Å². The molecule has 0 amide bonds. The summed E-state index contributed by atoms with van der Waals surface area (Å²) in [6.45, 7) is 2.18. The molecule has 1 atom stereocenters. The van der Waals surface area contributed by atoms with Crippen LogP contribution in [-0.2, 0) is 14.9 Å². The standard InChI is InChI=1S/C29H31NO5/c1-5-35-27(31)26-28(16-17-28)29(19-6-10-21(32-2)11-7-19,20-8-12-22(33-3)13-9-20)24-18-23(34-4)14-15-25(24)30-26/h6-15,18,26,30H,5,16-17H2,1-4H3. The number of benzene rings is 3. The molecule has 5 rings (SSSR count). The summed E-state index contributed by atoms with van der Waals surface area (Å²) in [5.41, 5.74) is 3.11. The topological polar surface area (TPSA) is 66.0 Å². The third-order valence-corrected chi connectivity index (χ3v) is 7.59. The predicted molar refractivity (Wildman–Crippen MR) is 135 cm³/mol. The summed E-state index contributed by atoms with van der Waals surface area (Å²) < 4.78 is 22.2. The summed E-state index contributed by atoms with van der Waals surface area (Å²) in [6.07, 6.45) is 1.75. The van der Waals surface area contributed by atoms with Crippen LogP contribution in [-0.4, -0.2) is 39.9 Å². The Morgan fingerprint density at radius 2 is 1.34 bits per heavy atom. The Hall–Kier alpha value is -3.67. The zero-order valence-electron chi connectivity index (χ0n) is 20.6. The molecule has 182 valence electrons. The molecular formula is C29H31NO5. The highest BCUT2D eigenvalue weighted by atomic mass is 16.5. The molecule has 1 spiro atoms. The van der Waals surface area contributed by atoms with Crippen LogP contribution >= 0.6 is 0 Å². The molecule has 2 aliphatic rings. The van der Waals surface area contributed by atoms with Crippen molar-refractivity contribution in [3.05, 3.63) is 83.4 Å². The molecule has 3 aromatic carbocycles. The first-order valence-electron chi connectivity index (χ1n) is 11.9. The minimum absolute atomic E-state index is 0.224. The van der Waals surface area contributed by atoms with Gasteiger partial charge in [-0.05, 0) is 78.9 Å². The summed E-state index contributed by atoms with van der Waals surface area (Å²) in [7, 11) is 5.00. The lowest BCUT2D eigenvalue weighted by Crippen LogP contribution is -2.56. The van der Waals surface area contributed by atoms with Gasteiger partial charge in [-0.2, -0.15) is 0 Å². The van der Waals surface area contributed by atoms with Gasteiger partial charge in [-0.3, -0.25) is 0 Å². The van der Waals surface area contributed by atoms with Crippen molar-refractivity contribution in [2.45, 2.75) is 31.2 Å². The van der Waals surface area contributed by atoms with Crippen molar-refractivity contribution in [3.8, 4) is 17.2 Å². The predicted octanol–water partition coefficient (Wildman–Crippen LogP) is 5.18. The average Bonchev–Trinajstić information content (AvgIpc) is 3.70. The molecule has 35 heavy (non-hydrogen) atoms. The maximum atomic E-state index is 13.4. The van der Waals surface area contributed by atoms with E-state index >= 15 is 0 Å². The Bertz CT molecular complexity index is 1170. The Kier molecular flexibility index (Phi) is 5.83. The highest BCUT2D eigenvalue weighted by molar-refractivity contribution is 5.86. The number of carbonyl (C=O) groups excluding carboxylic acids is 1. The Morgan fingerprint density at radius 1 is 0.829 bits per heavy atom. The number of anilines is 1. The van der Waals surface area contributed by atoms with Crippen molar-refractivity contribution in [1.82, 2.24) is 0 Å². The number of fused-ring (bicyclic) bond motifs is 1. The van der Waals surface area contributed by atoms with Gasteiger partial charge in [-0.15, -0.1) is 0 Å². The van der Waals surface area contributed by atoms with E-state index in [-0.39, 0.29) is 5.97 Å². The summed E-state index contributed by atoms with van der Waals surface area (Å²) in [6, 6.07) is 21.9. The van der Waals surface area contributed by atoms with Crippen LogP contribution in [0.1, 0.15) is 36.5 Å². The van der Waals surface area contributed by atoms with E-state index in [4.69, 9.17) is 18.9 Å². The zero-order chi connectivity index (χ0) is 24.6. The summed E-state index contributed by atoms with van der Waals surface area (Å²) >= 11 is 0. The number of hydrogen-bond donors (Lipinski definition) is 1. The molecule has 1 heterocycles. The fourth-order valence-corrected chi connectivity index (χ4v) is 5.91. The molecule has 3 aromatic rings.